The van der Waals surface area contributed by atoms with Crippen molar-refractivity contribution in [1.82, 2.24) is 9.80 Å². The fraction of sp³-hybridized carbons (Fsp3) is 0.714. The second-order valence-electron chi connectivity index (χ2n) is 5.37. The summed E-state index contributed by atoms with van der Waals surface area (Å²) < 4.78 is 0. The van der Waals surface area contributed by atoms with Crippen molar-refractivity contribution >= 4 is 11.9 Å². The van der Waals surface area contributed by atoms with E-state index in [-0.39, 0.29) is 12.5 Å². The van der Waals surface area contributed by atoms with Crippen LogP contribution in [0.5, 0.6) is 0 Å². The molecule has 1 saturated heterocycles. The molecule has 1 aliphatic heterocycles. The van der Waals surface area contributed by atoms with E-state index < -0.39 is 5.97 Å². The van der Waals surface area contributed by atoms with Crippen LogP contribution in [0.2, 0.25) is 0 Å². The zero-order valence-corrected chi connectivity index (χ0v) is 11.3. The Morgan fingerprint density at radius 3 is 2.74 bits per heavy atom. The lowest BCUT2D eigenvalue weighted by molar-refractivity contribution is -0.138. The summed E-state index contributed by atoms with van der Waals surface area (Å²) in [5, 5.41) is 8.79. The van der Waals surface area contributed by atoms with Crippen LogP contribution >= 0.6 is 0 Å². The monoisotopic (exact) mass is 266 g/mol. The zero-order chi connectivity index (χ0) is 13.7. The molecule has 1 unspecified atom stereocenters. The van der Waals surface area contributed by atoms with Crippen LogP contribution in [-0.4, -0.2) is 59.5 Å². The second-order valence-corrected chi connectivity index (χ2v) is 5.37. The second kappa shape index (κ2) is 6.70. The van der Waals surface area contributed by atoms with E-state index in [0.717, 1.165) is 32.4 Å². The smallest absolute Gasteiger partial charge is 0.317 e. The maximum atomic E-state index is 12.2. The molecule has 2 aliphatic rings. The number of allylic oxidation sites excluding steroid dienone is 2. The molecule has 0 aromatic rings. The van der Waals surface area contributed by atoms with Gasteiger partial charge in [-0.3, -0.25) is 14.5 Å². The summed E-state index contributed by atoms with van der Waals surface area (Å²) in [7, 11) is 0. The molecular formula is C14H22N2O3. The van der Waals surface area contributed by atoms with Gasteiger partial charge < -0.3 is 10.0 Å². The summed E-state index contributed by atoms with van der Waals surface area (Å²) in [5.41, 5.74) is 0. The third kappa shape index (κ3) is 4.35. The minimum absolute atomic E-state index is 0.0768. The lowest BCUT2D eigenvalue weighted by Gasteiger charge is -2.22. The van der Waals surface area contributed by atoms with Gasteiger partial charge in [-0.1, -0.05) is 12.2 Å². The van der Waals surface area contributed by atoms with Crippen molar-refractivity contribution in [2.45, 2.75) is 25.7 Å². The Bertz CT molecular complexity index is 368. The third-order valence-electron chi connectivity index (χ3n) is 3.85. The molecule has 106 valence electrons. The highest BCUT2D eigenvalue weighted by atomic mass is 16.4. The zero-order valence-electron chi connectivity index (χ0n) is 11.3. The number of carboxylic acid groups (broad SMARTS) is 1. The van der Waals surface area contributed by atoms with E-state index >= 15 is 0 Å². The molecule has 2 rings (SSSR count). The Balaban J connectivity index is 1.79. The Morgan fingerprint density at radius 2 is 2.05 bits per heavy atom. The van der Waals surface area contributed by atoms with Gasteiger partial charge in [-0.2, -0.15) is 0 Å². The Kier molecular flexibility index (Phi) is 4.96. The highest BCUT2D eigenvalue weighted by molar-refractivity contribution is 5.76. The Hall–Kier alpha value is -1.36. The highest BCUT2D eigenvalue weighted by Gasteiger charge is 2.22. The van der Waals surface area contributed by atoms with E-state index in [2.05, 4.69) is 12.2 Å². The first kappa shape index (κ1) is 14.1. The fourth-order valence-electron chi connectivity index (χ4n) is 2.79. The quantitative estimate of drug-likeness (QED) is 0.770. The van der Waals surface area contributed by atoms with Gasteiger partial charge in [-0.25, -0.2) is 0 Å². The molecule has 5 nitrogen and oxygen atoms in total. The van der Waals surface area contributed by atoms with Crippen molar-refractivity contribution in [3.8, 4) is 0 Å². The molecular weight excluding hydrogens is 244 g/mol. The number of carboxylic acids is 1. The molecule has 0 spiro atoms. The van der Waals surface area contributed by atoms with Gasteiger partial charge in [-0.05, 0) is 25.2 Å². The van der Waals surface area contributed by atoms with E-state index in [1.165, 1.54) is 0 Å². The Morgan fingerprint density at radius 1 is 1.21 bits per heavy atom. The number of rotatable bonds is 4. The normalized spacial score (nSPS) is 24.4. The largest absolute Gasteiger partial charge is 0.480 e. The number of carbonyl (C=O) groups excluding carboxylic acids is 1. The summed E-state index contributed by atoms with van der Waals surface area (Å²) in [5.74, 6) is -0.171. The molecule has 1 amide bonds. The van der Waals surface area contributed by atoms with Crippen molar-refractivity contribution in [1.29, 1.82) is 0 Å². The molecule has 1 aliphatic carbocycles. The summed E-state index contributed by atoms with van der Waals surface area (Å²) >= 11 is 0. The van der Waals surface area contributed by atoms with E-state index in [0.29, 0.717) is 25.4 Å². The molecule has 1 heterocycles. The number of nitrogens with zero attached hydrogens (tertiary/aromatic N) is 2. The lowest BCUT2D eigenvalue weighted by atomic mass is 10.0. The van der Waals surface area contributed by atoms with Crippen LogP contribution in [0.1, 0.15) is 25.7 Å². The molecule has 1 N–H and O–H groups in total. The van der Waals surface area contributed by atoms with Crippen LogP contribution in [0, 0.1) is 5.92 Å². The van der Waals surface area contributed by atoms with Gasteiger partial charge in [0.1, 0.15) is 0 Å². The van der Waals surface area contributed by atoms with E-state index in [1.807, 2.05) is 9.80 Å². The third-order valence-corrected chi connectivity index (χ3v) is 3.85. The average molecular weight is 266 g/mol. The molecule has 0 aromatic carbocycles. The standard InChI is InChI=1S/C14H22N2O3/c17-13(10-12-4-1-2-5-12)16-7-3-6-15(8-9-16)11-14(18)19/h1,4,12H,2-3,5-11H2,(H,18,19). The topological polar surface area (TPSA) is 60.9 Å². The first-order valence-electron chi connectivity index (χ1n) is 7.04. The number of hydrogen-bond donors (Lipinski definition) is 1. The van der Waals surface area contributed by atoms with Crippen LogP contribution in [0.4, 0.5) is 0 Å². The number of amides is 1. The van der Waals surface area contributed by atoms with Gasteiger partial charge in [0.05, 0.1) is 6.54 Å². The molecule has 0 bridgehead atoms. The van der Waals surface area contributed by atoms with Crippen LogP contribution in [-0.2, 0) is 9.59 Å². The predicted molar refractivity (Wildman–Crippen MR) is 71.8 cm³/mol. The average Bonchev–Trinajstić information content (AvgIpc) is 2.74. The molecule has 1 atom stereocenters. The van der Waals surface area contributed by atoms with Crippen molar-refractivity contribution in [3.05, 3.63) is 12.2 Å². The number of carbonyl (C=O) groups is 2. The molecule has 0 radical (unpaired) electrons. The molecule has 19 heavy (non-hydrogen) atoms. The predicted octanol–water partition coefficient (Wildman–Crippen LogP) is 0.962. The summed E-state index contributed by atoms with van der Waals surface area (Å²) in [6, 6.07) is 0. The number of hydrogen-bond acceptors (Lipinski definition) is 3. The lowest BCUT2D eigenvalue weighted by Crippen LogP contribution is -2.37. The van der Waals surface area contributed by atoms with Gasteiger partial charge in [0.25, 0.3) is 0 Å². The summed E-state index contributed by atoms with van der Waals surface area (Å²) in [6.07, 6.45) is 7.94. The fourth-order valence-corrected chi connectivity index (χ4v) is 2.79. The van der Waals surface area contributed by atoms with Crippen molar-refractivity contribution < 1.29 is 14.7 Å². The SMILES string of the molecule is O=C(O)CN1CCCN(C(=O)CC2C=CCC2)CC1. The highest BCUT2D eigenvalue weighted by Crippen LogP contribution is 2.21. The first-order chi connectivity index (χ1) is 9.15. The number of aliphatic carboxylic acids is 1. The molecule has 0 saturated carbocycles. The van der Waals surface area contributed by atoms with Crippen molar-refractivity contribution in [2.24, 2.45) is 5.92 Å². The summed E-state index contributed by atoms with van der Waals surface area (Å²) in [6.45, 7) is 2.92. The van der Waals surface area contributed by atoms with Crippen molar-refractivity contribution in [3.63, 3.8) is 0 Å². The van der Waals surface area contributed by atoms with Gasteiger partial charge in [0.15, 0.2) is 0 Å². The van der Waals surface area contributed by atoms with Gasteiger partial charge >= 0.3 is 5.97 Å². The molecule has 5 heteroatoms. The molecule has 1 fully saturated rings. The van der Waals surface area contributed by atoms with Gasteiger partial charge in [-0.15, -0.1) is 0 Å². The van der Waals surface area contributed by atoms with E-state index in [4.69, 9.17) is 5.11 Å². The maximum absolute atomic E-state index is 12.2. The van der Waals surface area contributed by atoms with E-state index in [9.17, 15) is 9.59 Å². The molecule has 0 aromatic heterocycles. The van der Waals surface area contributed by atoms with Crippen LogP contribution < -0.4 is 0 Å². The summed E-state index contributed by atoms with van der Waals surface area (Å²) in [4.78, 5) is 26.7. The van der Waals surface area contributed by atoms with Crippen molar-refractivity contribution in [2.75, 3.05) is 32.7 Å². The van der Waals surface area contributed by atoms with Crippen LogP contribution in [0.3, 0.4) is 0 Å². The van der Waals surface area contributed by atoms with Crippen LogP contribution in [0.15, 0.2) is 12.2 Å². The first-order valence-corrected chi connectivity index (χ1v) is 7.04. The minimum Gasteiger partial charge on any atom is -0.480 e. The van der Waals surface area contributed by atoms with E-state index in [1.54, 1.807) is 0 Å². The van der Waals surface area contributed by atoms with Gasteiger partial charge in [0, 0.05) is 32.6 Å². The minimum atomic E-state index is -0.795. The van der Waals surface area contributed by atoms with Crippen LogP contribution in [0.25, 0.3) is 0 Å². The van der Waals surface area contributed by atoms with Gasteiger partial charge in [0.2, 0.25) is 5.91 Å². The Labute approximate surface area is 113 Å². The maximum Gasteiger partial charge on any atom is 0.317 e.